The molecule has 1 saturated carbocycles. The van der Waals surface area contributed by atoms with Gasteiger partial charge in [-0.15, -0.1) is 0 Å². The van der Waals surface area contributed by atoms with Gasteiger partial charge in [-0.05, 0) is 50.8 Å². The summed E-state index contributed by atoms with van der Waals surface area (Å²) >= 11 is 0. The minimum atomic E-state index is -0.197. The van der Waals surface area contributed by atoms with Gasteiger partial charge in [0.15, 0.2) is 0 Å². The Morgan fingerprint density at radius 1 is 1.35 bits per heavy atom. The predicted octanol–water partition coefficient (Wildman–Crippen LogP) is 2.62. The summed E-state index contributed by atoms with van der Waals surface area (Å²) < 4.78 is 5.48. The number of hydrogen-bond acceptors (Lipinski definition) is 6. The summed E-state index contributed by atoms with van der Waals surface area (Å²) in [5, 5.41) is 6.13. The normalized spacial score (nSPS) is 19.6. The molecule has 2 unspecified atom stereocenters. The van der Waals surface area contributed by atoms with E-state index < -0.39 is 0 Å². The molecule has 26 heavy (non-hydrogen) atoms. The number of nitrogens with zero attached hydrogens (tertiary/aromatic N) is 2. The van der Waals surface area contributed by atoms with E-state index in [9.17, 15) is 4.79 Å². The van der Waals surface area contributed by atoms with Crippen molar-refractivity contribution in [1.82, 2.24) is 15.3 Å². The largest absolute Gasteiger partial charge is 0.494 e. The minimum absolute atomic E-state index is 0.112. The number of nitrogens with two attached hydrogens (primary N) is 1. The van der Waals surface area contributed by atoms with Gasteiger partial charge in [-0.3, -0.25) is 4.79 Å². The monoisotopic (exact) mass is 355 g/mol. The molecule has 1 aromatic heterocycles. The Kier molecular flexibility index (Phi) is 6.01. The van der Waals surface area contributed by atoms with Crippen molar-refractivity contribution in [2.45, 2.75) is 44.7 Å². The van der Waals surface area contributed by atoms with Gasteiger partial charge >= 0.3 is 0 Å². The molecule has 1 amide bonds. The number of aromatic nitrogens is 2. The third kappa shape index (κ3) is 4.92. The zero-order valence-electron chi connectivity index (χ0n) is 14.9. The molecule has 1 aliphatic rings. The maximum atomic E-state index is 12.5. The molecule has 0 bridgehead atoms. The maximum absolute atomic E-state index is 12.5. The van der Waals surface area contributed by atoms with Crippen LogP contribution < -0.4 is 21.1 Å². The van der Waals surface area contributed by atoms with Crippen LogP contribution in [0.5, 0.6) is 5.75 Å². The quantitative estimate of drug-likeness (QED) is 0.736. The molecule has 1 fully saturated rings. The highest BCUT2D eigenvalue weighted by atomic mass is 16.5. The van der Waals surface area contributed by atoms with Crippen LogP contribution in [0.15, 0.2) is 36.5 Å². The van der Waals surface area contributed by atoms with E-state index in [4.69, 9.17) is 10.5 Å². The van der Waals surface area contributed by atoms with Crippen LogP contribution in [0.3, 0.4) is 0 Å². The first-order valence-corrected chi connectivity index (χ1v) is 9.03. The van der Waals surface area contributed by atoms with Crippen LogP contribution in [-0.4, -0.2) is 34.6 Å². The molecule has 4 N–H and O–H groups in total. The van der Waals surface area contributed by atoms with Crippen LogP contribution in [0.2, 0.25) is 0 Å². The molecule has 1 aliphatic carbocycles. The molecule has 1 aromatic carbocycles. The molecule has 7 nitrogen and oxygen atoms in total. The standard InChI is InChI=1S/C19H25N5O2/c1-2-26-16-8-4-7-15(12-16)23-19-21-10-9-17(24-19)18(25)22-14-6-3-5-13(20)11-14/h4,7-10,12-14H,2-3,5-6,11,20H2,1H3,(H,22,25)(H,21,23,24). The van der Waals surface area contributed by atoms with Crippen LogP contribution in [0.1, 0.15) is 43.1 Å². The number of nitrogens with one attached hydrogen (secondary N) is 2. The van der Waals surface area contributed by atoms with Crippen molar-refractivity contribution in [2.75, 3.05) is 11.9 Å². The van der Waals surface area contributed by atoms with Crippen molar-refractivity contribution in [3.8, 4) is 5.75 Å². The number of carbonyl (C=O) groups is 1. The molecule has 1 heterocycles. The van der Waals surface area contributed by atoms with E-state index in [2.05, 4.69) is 20.6 Å². The lowest BCUT2D eigenvalue weighted by atomic mass is 9.91. The third-order valence-electron chi connectivity index (χ3n) is 4.34. The smallest absolute Gasteiger partial charge is 0.270 e. The summed E-state index contributed by atoms with van der Waals surface area (Å²) in [5.74, 6) is 0.935. The Morgan fingerprint density at radius 2 is 2.23 bits per heavy atom. The zero-order valence-corrected chi connectivity index (χ0v) is 14.9. The highest BCUT2D eigenvalue weighted by molar-refractivity contribution is 5.92. The number of hydrogen-bond donors (Lipinski definition) is 3. The number of ether oxygens (including phenoxy) is 1. The van der Waals surface area contributed by atoms with Gasteiger partial charge in [0.1, 0.15) is 11.4 Å². The van der Waals surface area contributed by atoms with Crippen molar-refractivity contribution in [3.63, 3.8) is 0 Å². The minimum Gasteiger partial charge on any atom is -0.494 e. The number of carbonyl (C=O) groups excluding carboxylic acids is 1. The molecule has 0 saturated heterocycles. The fourth-order valence-corrected chi connectivity index (χ4v) is 3.12. The fraction of sp³-hybridized carbons (Fsp3) is 0.421. The second kappa shape index (κ2) is 8.62. The van der Waals surface area contributed by atoms with Crippen molar-refractivity contribution in [1.29, 1.82) is 0 Å². The van der Waals surface area contributed by atoms with E-state index in [-0.39, 0.29) is 18.0 Å². The first-order valence-electron chi connectivity index (χ1n) is 9.03. The summed E-state index contributed by atoms with van der Waals surface area (Å²) in [4.78, 5) is 21.0. The third-order valence-corrected chi connectivity index (χ3v) is 4.34. The average Bonchev–Trinajstić information content (AvgIpc) is 2.62. The van der Waals surface area contributed by atoms with Crippen LogP contribution in [0, 0.1) is 0 Å². The van der Waals surface area contributed by atoms with Crippen LogP contribution in [0.25, 0.3) is 0 Å². The molecule has 2 atom stereocenters. The molecule has 138 valence electrons. The molecule has 0 radical (unpaired) electrons. The van der Waals surface area contributed by atoms with Crippen molar-refractivity contribution >= 4 is 17.5 Å². The molecule has 2 aromatic rings. The Morgan fingerprint density at radius 3 is 3.04 bits per heavy atom. The second-order valence-corrected chi connectivity index (χ2v) is 6.45. The van der Waals surface area contributed by atoms with E-state index in [0.717, 1.165) is 37.1 Å². The highest BCUT2D eigenvalue weighted by Crippen LogP contribution is 2.20. The number of rotatable bonds is 6. The summed E-state index contributed by atoms with van der Waals surface area (Å²) in [6, 6.07) is 9.41. The van der Waals surface area contributed by atoms with E-state index in [0.29, 0.717) is 18.2 Å². The first kappa shape index (κ1) is 18.1. The fourth-order valence-electron chi connectivity index (χ4n) is 3.12. The average molecular weight is 355 g/mol. The molecule has 7 heteroatoms. The van der Waals surface area contributed by atoms with E-state index in [1.807, 2.05) is 31.2 Å². The zero-order chi connectivity index (χ0) is 18.4. The van der Waals surface area contributed by atoms with E-state index in [1.165, 1.54) is 0 Å². The molecular weight excluding hydrogens is 330 g/mol. The number of anilines is 2. The van der Waals surface area contributed by atoms with Crippen molar-refractivity contribution in [3.05, 3.63) is 42.2 Å². The Hall–Kier alpha value is -2.67. The second-order valence-electron chi connectivity index (χ2n) is 6.45. The lowest BCUT2D eigenvalue weighted by molar-refractivity contribution is 0.0920. The molecule has 0 spiro atoms. The Labute approximate surface area is 153 Å². The van der Waals surface area contributed by atoms with Gasteiger partial charge in [-0.25, -0.2) is 9.97 Å². The van der Waals surface area contributed by atoms with Gasteiger partial charge in [-0.2, -0.15) is 0 Å². The predicted molar refractivity (Wildman–Crippen MR) is 101 cm³/mol. The van der Waals surface area contributed by atoms with Gasteiger partial charge in [-0.1, -0.05) is 6.07 Å². The lowest BCUT2D eigenvalue weighted by Gasteiger charge is -2.27. The summed E-state index contributed by atoms with van der Waals surface area (Å²) in [7, 11) is 0. The van der Waals surface area contributed by atoms with Crippen LogP contribution in [0.4, 0.5) is 11.6 Å². The topological polar surface area (TPSA) is 102 Å². The number of amides is 1. The van der Waals surface area contributed by atoms with E-state index >= 15 is 0 Å². The summed E-state index contributed by atoms with van der Waals surface area (Å²) in [6.07, 6.45) is 5.41. The van der Waals surface area contributed by atoms with E-state index in [1.54, 1.807) is 12.3 Å². The maximum Gasteiger partial charge on any atom is 0.270 e. The first-order chi connectivity index (χ1) is 12.6. The van der Waals surface area contributed by atoms with Crippen LogP contribution in [-0.2, 0) is 0 Å². The number of benzene rings is 1. The lowest BCUT2D eigenvalue weighted by Crippen LogP contribution is -2.42. The van der Waals surface area contributed by atoms with Gasteiger partial charge in [0.25, 0.3) is 5.91 Å². The molecular formula is C19H25N5O2. The van der Waals surface area contributed by atoms with Crippen molar-refractivity contribution in [2.24, 2.45) is 5.73 Å². The summed E-state index contributed by atoms with van der Waals surface area (Å²) in [5.41, 5.74) is 7.12. The van der Waals surface area contributed by atoms with Gasteiger partial charge < -0.3 is 21.1 Å². The highest BCUT2D eigenvalue weighted by Gasteiger charge is 2.21. The Balaban J connectivity index is 1.65. The molecule has 0 aliphatic heterocycles. The van der Waals surface area contributed by atoms with Gasteiger partial charge in [0.2, 0.25) is 5.95 Å². The van der Waals surface area contributed by atoms with Gasteiger partial charge in [0, 0.05) is 30.0 Å². The van der Waals surface area contributed by atoms with Crippen LogP contribution >= 0.6 is 0 Å². The van der Waals surface area contributed by atoms with Crippen molar-refractivity contribution < 1.29 is 9.53 Å². The van der Waals surface area contributed by atoms with Gasteiger partial charge in [0.05, 0.1) is 6.61 Å². The Bertz CT molecular complexity index is 752. The summed E-state index contributed by atoms with van der Waals surface area (Å²) in [6.45, 7) is 2.53. The SMILES string of the molecule is CCOc1cccc(Nc2nccc(C(=O)NC3CCCC(N)C3)n2)c1. The molecule has 3 rings (SSSR count).